The van der Waals surface area contributed by atoms with Crippen molar-refractivity contribution in [2.24, 2.45) is 5.41 Å². The van der Waals surface area contributed by atoms with Gasteiger partial charge >= 0.3 is 11.9 Å². The van der Waals surface area contributed by atoms with Crippen LogP contribution in [0.3, 0.4) is 0 Å². The van der Waals surface area contributed by atoms with Crippen LogP contribution in [0.5, 0.6) is 0 Å². The van der Waals surface area contributed by atoms with E-state index in [1.54, 1.807) is 0 Å². The molecule has 0 fully saturated rings. The van der Waals surface area contributed by atoms with E-state index in [4.69, 9.17) is 10.2 Å². The van der Waals surface area contributed by atoms with Gasteiger partial charge in [0.05, 0.1) is 33.0 Å². The van der Waals surface area contributed by atoms with Gasteiger partial charge in [-0.15, -0.1) is 0 Å². The lowest BCUT2D eigenvalue weighted by molar-refractivity contribution is -0.156. The van der Waals surface area contributed by atoms with Crippen LogP contribution in [-0.4, -0.2) is 49.6 Å². The molecule has 6 nitrogen and oxygen atoms in total. The molecule has 0 aliphatic rings. The molecule has 1 aromatic rings. The highest BCUT2D eigenvalue weighted by Gasteiger charge is 2.32. The normalized spacial score (nSPS) is 10.0. The molecule has 0 aromatic heterocycles. The maximum Gasteiger partial charge on any atom is 0.337 e. The van der Waals surface area contributed by atoms with Crippen molar-refractivity contribution < 1.29 is 29.3 Å². The smallest absolute Gasteiger partial charge is 0.337 e. The number of hydrogen-bond acceptors (Lipinski definition) is 6. The van der Waals surface area contributed by atoms with Crippen molar-refractivity contribution in [3.05, 3.63) is 34.4 Å². The monoisotopic (exact) mass is 342 g/mol. The van der Waals surface area contributed by atoms with Crippen molar-refractivity contribution >= 4 is 11.9 Å². The molecule has 0 amide bonds. The van der Waals surface area contributed by atoms with Gasteiger partial charge in [-0.25, -0.2) is 4.79 Å². The lowest BCUT2D eigenvalue weighted by Crippen LogP contribution is -2.36. The Morgan fingerprint density at radius 2 is 1.42 bits per heavy atom. The van der Waals surface area contributed by atoms with Crippen LogP contribution >= 0.6 is 0 Å². The summed E-state index contributed by atoms with van der Waals surface area (Å²) in [4.78, 5) is 22.0. The number of carbonyl (C=O) groups is 2. The minimum absolute atomic E-state index is 0. The van der Waals surface area contributed by atoms with Gasteiger partial charge in [-0.1, -0.05) is 7.43 Å². The summed E-state index contributed by atoms with van der Waals surface area (Å²) in [6.45, 7) is 6.65. The van der Waals surface area contributed by atoms with E-state index in [0.29, 0.717) is 5.56 Å². The summed E-state index contributed by atoms with van der Waals surface area (Å²) < 4.78 is 8.99. The molecular formula is C18H30O6. The molecule has 0 atom stereocenters. The summed E-state index contributed by atoms with van der Waals surface area (Å²) in [5.74, 6) is -0.872. The summed E-state index contributed by atoms with van der Waals surface area (Å²) in [6.07, 6.45) is 0. The van der Waals surface area contributed by atoms with E-state index in [1.165, 1.54) is 26.7 Å². The fraction of sp³-hybridized carbons (Fsp3) is 0.556. The van der Waals surface area contributed by atoms with Gasteiger partial charge in [0.1, 0.15) is 5.41 Å². The molecule has 0 bridgehead atoms. The molecule has 6 heteroatoms. The molecule has 0 saturated carbocycles. The highest BCUT2D eigenvalue weighted by Crippen LogP contribution is 2.16. The van der Waals surface area contributed by atoms with Gasteiger partial charge in [0.15, 0.2) is 0 Å². The number of rotatable bonds is 4. The van der Waals surface area contributed by atoms with Crippen LogP contribution in [0.2, 0.25) is 0 Å². The van der Waals surface area contributed by atoms with Crippen molar-refractivity contribution in [3.63, 3.8) is 0 Å². The fourth-order valence-corrected chi connectivity index (χ4v) is 1.70. The third kappa shape index (κ3) is 6.29. The second kappa shape index (κ2) is 10.8. The average Bonchev–Trinajstić information content (AvgIpc) is 2.57. The molecule has 0 unspecified atom stereocenters. The topological polar surface area (TPSA) is 93.1 Å². The fourth-order valence-electron chi connectivity index (χ4n) is 1.70. The Hall–Kier alpha value is -1.92. The quantitative estimate of drug-likeness (QED) is 0.815. The number of benzene rings is 1. The molecule has 0 aliphatic heterocycles. The number of ether oxygens (including phenoxy) is 2. The van der Waals surface area contributed by atoms with Crippen molar-refractivity contribution in [1.29, 1.82) is 0 Å². The summed E-state index contributed by atoms with van der Waals surface area (Å²) in [5, 5.41) is 17.3. The summed E-state index contributed by atoms with van der Waals surface area (Å²) in [6, 6.07) is 3.71. The summed E-state index contributed by atoms with van der Waals surface area (Å²) >= 11 is 0. The van der Waals surface area contributed by atoms with E-state index in [9.17, 15) is 9.59 Å². The molecule has 1 rings (SSSR count). The van der Waals surface area contributed by atoms with E-state index in [1.807, 2.05) is 32.9 Å². The van der Waals surface area contributed by atoms with Crippen molar-refractivity contribution in [1.82, 2.24) is 0 Å². The van der Waals surface area contributed by atoms with Crippen molar-refractivity contribution in [2.75, 3.05) is 27.4 Å². The van der Waals surface area contributed by atoms with Crippen LogP contribution in [0.25, 0.3) is 0 Å². The van der Waals surface area contributed by atoms with Crippen LogP contribution in [-0.2, 0) is 14.3 Å². The van der Waals surface area contributed by atoms with E-state index in [2.05, 4.69) is 9.47 Å². The van der Waals surface area contributed by atoms with E-state index in [-0.39, 0.29) is 13.4 Å². The molecule has 0 heterocycles. The van der Waals surface area contributed by atoms with E-state index < -0.39 is 24.6 Å². The molecule has 24 heavy (non-hydrogen) atoms. The number of aliphatic hydroxyl groups excluding tert-OH is 2. The zero-order valence-electron chi connectivity index (χ0n) is 14.6. The predicted octanol–water partition coefficient (Wildman–Crippen LogP) is 2.18. The number of hydrogen-bond donors (Lipinski definition) is 2. The third-order valence-electron chi connectivity index (χ3n) is 3.72. The maximum absolute atomic E-state index is 11.2. The Kier molecular flexibility index (Phi) is 10.9. The minimum Gasteiger partial charge on any atom is -0.468 e. The second-order valence-electron chi connectivity index (χ2n) is 5.60. The highest BCUT2D eigenvalue weighted by atomic mass is 16.5. The third-order valence-corrected chi connectivity index (χ3v) is 3.72. The molecular weight excluding hydrogens is 312 g/mol. The summed E-state index contributed by atoms with van der Waals surface area (Å²) in [5.41, 5.74) is 2.95. The van der Waals surface area contributed by atoms with Gasteiger partial charge in [-0.2, -0.15) is 0 Å². The minimum atomic E-state index is -1.16. The Bertz CT molecular complexity index is 523. The number of methoxy groups -OCH3 is 2. The lowest BCUT2D eigenvalue weighted by atomic mass is 9.93. The Labute approximate surface area is 144 Å². The number of carbonyl (C=O) groups excluding carboxylic acids is 2. The maximum atomic E-state index is 11.2. The van der Waals surface area contributed by atoms with Crippen LogP contribution in [0.1, 0.15) is 41.4 Å². The zero-order valence-corrected chi connectivity index (χ0v) is 14.6. The SMILES string of the molecule is C.COC(=O)C(C)(CO)CO.COC(=O)c1cc(C)c(C)c(C)c1. The summed E-state index contributed by atoms with van der Waals surface area (Å²) in [7, 11) is 2.61. The van der Waals surface area contributed by atoms with Gasteiger partial charge in [-0.3, -0.25) is 4.79 Å². The van der Waals surface area contributed by atoms with Gasteiger partial charge < -0.3 is 19.7 Å². The second-order valence-corrected chi connectivity index (χ2v) is 5.60. The molecule has 0 radical (unpaired) electrons. The predicted molar refractivity (Wildman–Crippen MR) is 93.0 cm³/mol. The number of aliphatic hydroxyl groups is 2. The Morgan fingerprint density at radius 3 is 1.67 bits per heavy atom. The largest absolute Gasteiger partial charge is 0.468 e. The Balaban J connectivity index is 0. The average molecular weight is 342 g/mol. The van der Waals surface area contributed by atoms with Gasteiger partial charge in [0.2, 0.25) is 0 Å². The van der Waals surface area contributed by atoms with Crippen LogP contribution < -0.4 is 0 Å². The first-order valence-electron chi connectivity index (χ1n) is 7.13. The molecule has 1 aromatic carbocycles. The first-order valence-corrected chi connectivity index (χ1v) is 7.13. The molecule has 2 N–H and O–H groups in total. The first-order chi connectivity index (χ1) is 10.7. The van der Waals surface area contributed by atoms with E-state index in [0.717, 1.165) is 11.1 Å². The van der Waals surface area contributed by atoms with Gasteiger partial charge in [-0.05, 0) is 56.5 Å². The van der Waals surface area contributed by atoms with E-state index >= 15 is 0 Å². The zero-order chi connectivity index (χ0) is 18.2. The standard InChI is InChI=1S/C11H14O2.C6H12O4.CH4/c1-7-5-10(11(12)13-4)6-8(2)9(7)3;1-6(3-7,4-8)5(9)10-2;/h5-6H,1-4H3;7-8H,3-4H2,1-2H3;1H4. The van der Waals surface area contributed by atoms with Gasteiger partial charge in [0.25, 0.3) is 0 Å². The van der Waals surface area contributed by atoms with Crippen molar-refractivity contribution in [2.45, 2.75) is 35.1 Å². The molecule has 138 valence electrons. The highest BCUT2D eigenvalue weighted by molar-refractivity contribution is 5.89. The van der Waals surface area contributed by atoms with Crippen LogP contribution in [0.4, 0.5) is 0 Å². The van der Waals surface area contributed by atoms with Crippen molar-refractivity contribution in [3.8, 4) is 0 Å². The number of aryl methyl sites for hydroxylation is 2. The van der Waals surface area contributed by atoms with Gasteiger partial charge in [0, 0.05) is 0 Å². The number of esters is 2. The van der Waals surface area contributed by atoms with Crippen LogP contribution in [0.15, 0.2) is 12.1 Å². The molecule has 0 saturated heterocycles. The Morgan fingerprint density at radius 1 is 1.00 bits per heavy atom. The van der Waals surface area contributed by atoms with Crippen LogP contribution in [0, 0.1) is 26.2 Å². The molecule has 0 aliphatic carbocycles. The molecule has 0 spiro atoms. The first kappa shape index (κ1) is 24.3. The lowest BCUT2D eigenvalue weighted by Gasteiger charge is -2.20.